The normalized spacial score (nSPS) is 13.9. The van der Waals surface area contributed by atoms with Crippen molar-refractivity contribution in [2.45, 2.75) is 45.4 Å². The van der Waals surface area contributed by atoms with Crippen LogP contribution in [0.5, 0.6) is 23.1 Å². The molecule has 0 atom stereocenters. The Kier molecular flexibility index (Phi) is 9.32. The van der Waals surface area contributed by atoms with Gasteiger partial charge in [0, 0.05) is 17.6 Å². The Morgan fingerprint density at radius 3 is 2.38 bits per heavy atom. The second-order valence-electron chi connectivity index (χ2n) is 9.80. The summed E-state index contributed by atoms with van der Waals surface area (Å²) >= 11 is 3.50. The lowest BCUT2D eigenvalue weighted by Gasteiger charge is -2.32. The first-order chi connectivity index (χ1) is 18.8. The highest BCUT2D eigenvalue weighted by molar-refractivity contribution is 9.10. The van der Waals surface area contributed by atoms with Crippen LogP contribution < -0.4 is 9.47 Å². The highest BCUT2D eigenvalue weighted by Crippen LogP contribution is 2.47. The van der Waals surface area contributed by atoms with Gasteiger partial charge in [-0.05, 0) is 73.9 Å². The monoisotopic (exact) mass is 600 g/mol. The number of hydrogen-bond acceptors (Lipinski definition) is 6. The number of likely N-dealkylation sites (tertiary alicyclic amines) is 1. The zero-order chi connectivity index (χ0) is 28.1. The maximum Gasteiger partial charge on any atom is 0.263 e. The second kappa shape index (κ2) is 12.7. The maximum atomic E-state index is 13.7. The maximum absolute atomic E-state index is 13.7. The molecular formula is C30H34BrFN2O5. The first kappa shape index (κ1) is 28.7. The molecule has 39 heavy (non-hydrogen) atoms. The van der Waals surface area contributed by atoms with E-state index in [9.17, 15) is 19.4 Å². The zero-order valence-corrected chi connectivity index (χ0v) is 24.1. The summed E-state index contributed by atoms with van der Waals surface area (Å²) in [5, 5.41) is 22.4. The van der Waals surface area contributed by atoms with Crippen molar-refractivity contribution in [2.75, 3.05) is 27.3 Å². The van der Waals surface area contributed by atoms with Crippen LogP contribution >= 0.6 is 15.9 Å². The summed E-state index contributed by atoms with van der Waals surface area (Å²) in [6.45, 7) is 2.93. The van der Waals surface area contributed by atoms with Gasteiger partial charge in [-0.2, -0.15) is 0 Å². The molecule has 1 aromatic heterocycles. The number of halogens is 2. The lowest BCUT2D eigenvalue weighted by Crippen LogP contribution is -2.39. The van der Waals surface area contributed by atoms with E-state index in [4.69, 9.17) is 9.47 Å². The number of benzene rings is 2. The number of rotatable bonds is 9. The van der Waals surface area contributed by atoms with Gasteiger partial charge in [0.2, 0.25) is 5.88 Å². The van der Waals surface area contributed by atoms with E-state index in [1.165, 1.54) is 26.4 Å². The van der Waals surface area contributed by atoms with Gasteiger partial charge in [0.1, 0.15) is 28.6 Å². The summed E-state index contributed by atoms with van der Waals surface area (Å²) in [6, 6.07) is 9.94. The Labute approximate surface area is 236 Å². The van der Waals surface area contributed by atoms with E-state index in [2.05, 4.69) is 20.9 Å². The fourth-order valence-corrected chi connectivity index (χ4v) is 5.61. The first-order valence-electron chi connectivity index (χ1n) is 13.2. The van der Waals surface area contributed by atoms with E-state index >= 15 is 0 Å². The molecule has 0 bridgehead atoms. The molecule has 2 heterocycles. The van der Waals surface area contributed by atoms with Crippen LogP contribution in [0, 0.1) is 11.7 Å². The van der Waals surface area contributed by atoms with Crippen molar-refractivity contribution >= 4 is 21.8 Å². The Balaban J connectivity index is 1.65. The molecule has 1 aliphatic heterocycles. The predicted octanol–water partition coefficient (Wildman–Crippen LogP) is 6.52. The van der Waals surface area contributed by atoms with Crippen LogP contribution in [-0.4, -0.2) is 53.3 Å². The number of methoxy groups -OCH3 is 2. The highest BCUT2D eigenvalue weighted by atomic mass is 79.9. The van der Waals surface area contributed by atoms with Gasteiger partial charge in [0.15, 0.2) is 0 Å². The minimum Gasteiger partial charge on any atom is -0.506 e. The molecule has 0 saturated carbocycles. The van der Waals surface area contributed by atoms with Crippen LogP contribution in [-0.2, 0) is 12.8 Å². The Morgan fingerprint density at radius 2 is 1.77 bits per heavy atom. The van der Waals surface area contributed by atoms with Crippen LogP contribution in [0.2, 0.25) is 0 Å². The Hall–Kier alpha value is -3.33. The van der Waals surface area contributed by atoms with Crippen LogP contribution in [0.4, 0.5) is 4.39 Å². The van der Waals surface area contributed by atoms with Crippen LogP contribution in [0.15, 0.2) is 40.9 Å². The number of pyridine rings is 1. The smallest absolute Gasteiger partial charge is 0.263 e. The van der Waals surface area contributed by atoms with E-state index in [-0.39, 0.29) is 23.0 Å². The number of aromatic nitrogens is 1. The third kappa shape index (κ3) is 6.13. The first-order valence-corrected chi connectivity index (χ1v) is 14.0. The van der Waals surface area contributed by atoms with Gasteiger partial charge in [-0.15, -0.1) is 0 Å². The van der Waals surface area contributed by atoms with Crippen molar-refractivity contribution in [3.8, 4) is 34.3 Å². The standard InChI is InChI=1S/C30H34BrFN2O5/c1-4-5-7-22-25(26-23(38-2)8-6-9-24(26)39-3)28(35)27(29(36)33-22)30(37)34-14-12-18(13-15-34)16-19-17-20(32)10-11-21(19)31/h6,8-11,17-18H,4-5,7,12-16H2,1-3H3,(H2,33,35,36). The number of carbonyl (C=O) groups is 1. The van der Waals surface area contributed by atoms with Crippen molar-refractivity contribution in [1.29, 1.82) is 0 Å². The lowest BCUT2D eigenvalue weighted by molar-refractivity contribution is 0.0683. The number of piperidine rings is 1. The molecule has 2 N–H and O–H groups in total. The van der Waals surface area contributed by atoms with Gasteiger partial charge in [-0.25, -0.2) is 9.37 Å². The molecule has 0 aliphatic carbocycles. The van der Waals surface area contributed by atoms with E-state index < -0.39 is 11.8 Å². The van der Waals surface area contributed by atoms with E-state index in [1.54, 1.807) is 29.2 Å². The Morgan fingerprint density at radius 1 is 1.10 bits per heavy atom. The van der Waals surface area contributed by atoms with Crippen LogP contribution in [0.1, 0.15) is 54.2 Å². The van der Waals surface area contributed by atoms with Gasteiger partial charge in [-0.1, -0.05) is 35.3 Å². The number of unbranched alkanes of at least 4 members (excludes halogenated alkanes) is 1. The molecule has 7 nitrogen and oxygen atoms in total. The molecule has 0 unspecified atom stereocenters. The Bertz CT molecular complexity index is 1320. The van der Waals surface area contributed by atoms with Gasteiger partial charge < -0.3 is 24.6 Å². The molecule has 2 aromatic carbocycles. The predicted molar refractivity (Wildman–Crippen MR) is 151 cm³/mol. The number of amides is 1. The summed E-state index contributed by atoms with van der Waals surface area (Å²) in [7, 11) is 3.04. The van der Waals surface area contributed by atoms with Crippen molar-refractivity contribution in [3.63, 3.8) is 0 Å². The largest absolute Gasteiger partial charge is 0.506 e. The summed E-state index contributed by atoms with van der Waals surface area (Å²) in [4.78, 5) is 19.7. The van der Waals surface area contributed by atoms with E-state index in [0.29, 0.717) is 67.1 Å². The summed E-state index contributed by atoms with van der Waals surface area (Å²) < 4.78 is 25.8. The number of hydrogen-bond donors (Lipinski definition) is 2. The van der Waals surface area contributed by atoms with E-state index in [0.717, 1.165) is 22.9 Å². The summed E-state index contributed by atoms with van der Waals surface area (Å²) in [5.74, 6) is -0.407. The second-order valence-corrected chi connectivity index (χ2v) is 10.7. The fraction of sp³-hybridized carbons (Fsp3) is 0.400. The van der Waals surface area contributed by atoms with Gasteiger partial charge >= 0.3 is 0 Å². The topological polar surface area (TPSA) is 92.1 Å². The molecule has 1 aliphatic rings. The zero-order valence-electron chi connectivity index (χ0n) is 22.5. The average molecular weight is 602 g/mol. The van der Waals surface area contributed by atoms with Crippen molar-refractivity contribution in [3.05, 3.63) is 63.5 Å². The van der Waals surface area contributed by atoms with Crippen molar-refractivity contribution < 1.29 is 28.9 Å². The molecule has 1 amide bonds. The highest BCUT2D eigenvalue weighted by Gasteiger charge is 2.32. The van der Waals surface area contributed by atoms with Crippen LogP contribution in [0.3, 0.4) is 0 Å². The number of ether oxygens (including phenoxy) is 2. The molecule has 1 fully saturated rings. The van der Waals surface area contributed by atoms with E-state index in [1.807, 2.05) is 6.92 Å². The molecule has 3 aromatic rings. The quantitative estimate of drug-likeness (QED) is 0.290. The average Bonchev–Trinajstić information content (AvgIpc) is 2.93. The molecule has 9 heteroatoms. The molecule has 0 radical (unpaired) electrons. The third-order valence-electron chi connectivity index (χ3n) is 7.30. The number of aromatic hydroxyl groups is 2. The molecule has 4 rings (SSSR count). The molecule has 0 spiro atoms. The summed E-state index contributed by atoms with van der Waals surface area (Å²) in [6.07, 6.45) is 4.27. The number of aryl methyl sites for hydroxylation is 1. The third-order valence-corrected chi connectivity index (χ3v) is 8.08. The minimum atomic E-state index is -0.493. The fourth-order valence-electron chi connectivity index (χ4n) is 5.20. The minimum absolute atomic E-state index is 0.232. The summed E-state index contributed by atoms with van der Waals surface area (Å²) in [5.41, 5.74) is 1.93. The molecule has 208 valence electrons. The van der Waals surface area contributed by atoms with Crippen molar-refractivity contribution in [1.82, 2.24) is 9.88 Å². The molecular weight excluding hydrogens is 567 g/mol. The lowest BCUT2D eigenvalue weighted by atomic mass is 9.89. The van der Waals surface area contributed by atoms with Gasteiger partial charge in [0.25, 0.3) is 5.91 Å². The molecule has 1 saturated heterocycles. The number of carbonyl (C=O) groups excluding carboxylic acids is 1. The van der Waals surface area contributed by atoms with Crippen molar-refractivity contribution in [2.24, 2.45) is 5.92 Å². The number of nitrogens with zero attached hydrogens (tertiary/aromatic N) is 2. The van der Waals surface area contributed by atoms with Gasteiger partial charge in [-0.3, -0.25) is 4.79 Å². The SMILES string of the molecule is CCCCc1nc(O)c(C(=O)N2CCC(Cc3cc(F)ccc3Br)CC2)c(O)c1-c1c(OC)cccc1OC. The van der Waals surface area contributed by atoms with Crippen LogP contribution in [0.25, 0.3) is 11.1 Å². The van der Waals surface area contributed by atoms with Gasteiger partial charge in [0.05, 0.1) is 31.0 Å².